The zero-order chi connectivity index (χ0) is 13.8. The molecule has 0 aliphatic heterocycles. The molecule has 0 bridgehead atoms. The van der Waals surface area contributed by atoms with E-state index in [1.165, 1.54) is 6.07 Å². The van der Waals surface area contributed by atoms with Gasteiger partial charge in [-0.1, -0.05) is 12.1 Å². The third-order valence-electron chi connectivity index (χ3n) is 3.12. The maximum absolute atomic E-state index is 14.1. The van der Waals surface area contributed by atoms with E-state index >= 15 is 0 Å². The Balaban J connectivity index is 2.27. The van der Waals surface area contributed by atoms with E-state index in [0.717, 1.165) is 11.4 Å². The summed E-state index contributed by atoms with van der Waals surface area (Å²) in [5.74, 6) is 0.700. The van der Waals surface area contributed by atoms with Gasteiger partial charge in [0.25, 0.3) is 0 Å². The van der Waals surface area contributed by atoms with Crippen molar-refractivity contribution in [3.05, 3.63) is 47.8 Å². The molecule has 4 nitrogen and oxygen atoms in total. The van der Waals surface area contributed by atoms with Crippen LogP contribution in [0.1, 0.15) is 11.4 Å². The van der Waals surface area contributed by atoms with Crippen LogP contribution >= 0.6 is 0 Å². The number of aryl methyl sites for hydroxylation is 1. The molecule has 1 heterocycles. The van der Waals surface area contributed by atoms with Gasteiger partial charge in [-0.05, 0) is 18.7 Å². The highest BCUT2D eigenvalue weighted by Crippen LogP contribution is 2.24. The lowest BCUT2D eigenvalue weighted by Gasteiger charge is -2.22. The number of nitrogens with zero attached hydrogens (tertiary/aromatic N) is 3. The van der Waals surface area contributed by atoms with E-state index < -0.39 is 0 Å². The van der Waals surface area contributed by atoms with E-state index in [4.69, 9.17) is 0 Å². The van der Waals surface area contributed by atoms with Crippen molar-refractivity contribution in [2.75, 3.05) is 19.0 Å². The summed E-state index contributed by atoms with van der Waals surface area (Å²) in [4.78, 5) is 6.16. The largest absolute Gasteiger partial charge is 0.364 e. The summed E-state index contributed by atoms with van der Waals surface area (Å²) in [6.07, 6.45) is 3.64. The summed E-state index contributed by atoms with van der Waals surface area (Å²) in [5, 5.41) is 3.06. The first-order chi connectivity index (χ1) is 9.13. The van der Waals surface area contributed by atoms with Gasteiger partial charge in [-0.15, -0.1) is 0 Å². The molecular weight excluding hydrogens is 243 g/mol. The number of halogens is 1. The van der Waals surface area contributed by atoms with Gasteiger partial charge < -0.3 is 14.8 Å². The monoisotopic (exact) mass is 262 g/mol. The van der Waals surface area contributed by atoms with Gasteiger partial charge in [0.2, 0.25) is 0 Å². The Bertz CT molecular complexity index is 550. The molecule has 2 rings (SSSR count). The van der Waals surface area contributed by atoms with E-state index in [9.17, 15) is 4.39 Å². The Morgan fingerprint density at radius 2 is 2.21 bits per heavy atom. The zero-order valence-electron chi connectivity index (χ0n) is 11.5. The molecule has 5 heteroatoms. The number of benzene rings is 1. The molecule has 0 saturated heterocycles. The topological polar surface area (TPSA) is 33.1 Å². The fourth-order valence-electron chi connectivity index (χ4n) is 2.16. The second-order valence-corrected chi connectivity index (χ2v) is 4.59. The van der Waals surface area contributed by atoms with E-state index in [0.29, 0.717) is 18.8 Å². The maximum atomic E-state index is 14.1. The van der Waals surface area contributed by atoms with Crippen LogP contribution in [0.5, 0.6) is 0 Å². The Kier molecular flexibility index (Phi) is 4.16. The van der Waals surface area contributed by atoms with E-state index in [1.807, 2.05) is 42.9 Å². The third-order valence-corrected chi connectivity index (χ3v) is 3.12. The number of aromatic nitrogens is 2. The first-order valence-electron chi connectivity index (χ1n) is 6.22. The van der Waals surface area contributed by atoms with Crippen LogP contribution in [0, 0.1) is 5.82 Å². The van der Waals surface area contributed by atoms with Gasteiger partial charge in [0, 0.05) is 33.0 Å². The van der Waals surface area contributed by atoms with Crippen molar-refractivity contribution in [3.8, 4) is 0 Å². The molecule has 1 aromatic heterocycles. The number of anilines is 1. The average molecular weight is 262 g/mol. The number of nitrogens with one attached hydrogen (secondary N) is 1. The minimum atomic E-state index is -0.204. The van der Waals surface area contributed by atoms with Gasteiger partial charge in [0.15, 0.2) is 0 Å². The minimum Gasteiger partial charge on any atom is -0.364 e. The second-order valence-electron chi connectivity index (χ2n) is 4.59. The summed E-state index contributed by atoms with van der Waals surface area (Å²) in [7, 11) is 5.67. The Morgan fingerprint density at radius 3 is 2.84 bits per heavy atom. The first kappa shape index (κ1) is 13.5. The van der Waals surface area contributed by atoms with Crippen molar-refractivity contribution in [1.29, 1.82) is 0 Å². The van der Waals surface area contributed by atoms with Crippen LogP contribution in [0.3, 0.4) is 0 Å². The number of imidazole rings is 1. The second kappa shape index (κ2) is 5.84. The van der Waals surface area contributed by atoms with Crippen molar-refractivity contribution >= 4 is 5.69 Å². The van der Waals surface area contributed by atoms with E-state index in [-0.39, 0.29) is 5.82 Å². The quantitative estimate of drug-likeness (QED) is 0.893. The number of para-hydroxylation sites is 1. The smallest absolute Gasteiger partial charge is 0.146 e. The van der Waals surface area contributed by atoms with Crippen molar-refractivity contribution in [3.63, 3.8) is 0 Å². The van der Waals surface area contributed by atoms with Crippen molar-refractivity contribution in [2.24, 2.45) is 7.05 Å². The van der Waals surface area contributed by atoms with E-state index in [2.05, 4.69) is 10.3 Å². The van der Waals surface area contributed by atoms with Crippen LogP contribution < -0.4 is 10.2 Å². The van der Waals surface area contributed by atoms with Crippen LogP contribution in [-0.4, -0.2) is 23.6 Å². The molecule has 19 heavy (non-hydrogen) atoms. The van der Waals surface area contributed by atoms with Gasteiger partial charge >= 0.3 is 0 Å². The molecule has 102 valence electrons. The van der Waals surface area contributed by atoms with Gasteiger partial charge in [-0.25, -0.2) is 9.37 Å². The van der Waals surface area contributed by atoms with Crippen molar-refractivity contribution < 1.29 is 4.39 Å². The van der Waals surface area contributed by atoms with Crippen molar-refractivity contribution in [2.45, 2.75) is 13.1 Å². The Morgan fingerprint density at radius 1 is 1.42 bits per heavy atom. The van der Waals surface area contributed by atoms with Crippen LogP contribution in [0.2, 0.25) is 0 Å². The lowest BCUT2D eigenvalue weighted by Crippen LogP contribution is -2.22. The van der Waals surface area contributed by atoms with Gasteiger partial charge in [0.05, 0.1) is 12.2 Å². The van der Waals surface area contributed by atoms with E-state index in [1.54, 1.807) is 12.3 Å². The molecular formula is C14H19FN4. The fraction of sp³-hybridized carbons (Fsp3) is 0.357. The molecule has 0 saturated carbocycles. The molecule has 0 spiro atoms. The van der Waals surface area contributed by atoms with Crippen LogP contribution in [0.25, 0.3) is 0 Å². The summed E-state index contributed by atoms with van der Waals surface area (Å²) >= 11 is 0. The highest BCUT2D eigenvalue weighted by atomic mass is 19.1. The molecule has 2 aromatic rings. The summed E-state index contributed by atoms with van der Waals surface area (Å²) in [5.41, 5.74) is 1.57. The fourth-order valence-corrected chi connectivity index (χ4v) is 2.16. The molecule has 1 N–H and O–H groups in total. The molecule has 0 atom stereocenters. The summed E-state index contributed by atoms with van der Waals surface area (Å²) < 4.78 is 16.0. The average Bonchev–Trinajstić information content (AvgIpc) is 2.75. The van der Waals surface area contributed by atoms with Gasteiger partial charge in [0.1, 0.15) is 11.6 Å². The zero-order valence-corrected chi connectivity index (χ0v) is 11.5. The van der Waals surface area contributed by atoms with Crippen LogP contribution in [0.15, 0.2) is 30.6 Å². The molecule has 1 aromatic carbocycles. The molecule has 0 fully saturated rings. The standard InChI is InChI=1S/C14H19FN4/c1-16-9-11-5-4-6-12(15)14(11)19(3)10-13-17-7-8-18(13)2/h4-8,16H,9-10H2,1-3H3. The lowest BCUT2D eigenvalue weighted by atomic mass is 10.1. The molecule has 0 amide bonds. The number of hydrogen-bond acceptors (Lipinski definition) is 3. The molecule has 0 radical (unpaired) electrons. The SMILES string of the molecule is CNCc1cccc(F)c1N(C)Cc1nccn1C. The van der Waals surface area contributed by atoms with Gasteiger partial charge in [-0.3, -0.25) is 0 Å². The molecule has 0 aliphatic carbocycles. The predicted octanol–water partition coefficient (Wildman–Crippen LogP) is 1.92. The third kappa shape index (κ3) is 2.93. The van der Waals surface area contributed by atoms with Crippen LogP contribution in [-0.2, 0) is 20.1 Å². The Hall–Kier alpha value is -1.88. The summed E-state index contributed by atoms with van der Waals surface area (Å²) in [6, 6.07) is 5.16. The predicted molar refractivity (Wildman–Crippen MR) is 74.5 cm³/mol. The van der Waals surface area contributed by atoms with Crippen molar-refractivity contribution in [1.82, 2.24) is 14.9 Å². The van der Waals surface area contributed by atoms with Gasteiger partial charge in [-0.2, -0.15) is 0 Å². The molecule has 0 aliphatic rings. The normalized spacial score (nSPS) is 10.7. The first-order valence-corrected chi connectivity index (χ1v) is 6.22. The highest BCUT2D eigenvalue weighted by Gasteiger charge is 2.14. The van der Waals surface area contributed by atoms with Crippen LogP contribution in [0.4, 0.5) is 10.1 Å². The number of rotatable bonds is 5. The highest BCUT2D eigenvalue weighted by molar-refractivity contribution is 5.54. The Labute approximate surface area is 112 Å². The lowest BCUT2D eigenvalue weighted by molar-refractivity contribution is 0.614. The maximum Gasteiger partial charge on any atom is 0.146 e. The molecule has 0 unspecified atom stereocenters. The minimum absolute atomic E-state index is 0.204. The number of hydrogen-bond donors (Lipinski definition) is 1. The summed E-state index contributed by atoms with van der Waals surface area (Å²) in [6.45, 7) is 1.21.